The van der Waals surface area contributed by atoms with Crippen molar-refractivity contribution < 1.29 is 34.4 Å². The molecule has 0 saturated carbocycles. The molecule has 0 unspecified atom stereocenters. The van der Waals surface area contributed by atoms with Crippen LogP contribution in [0, 0.1) is 5.41 Å². The summed E-state index contributed by atoms with van der Waals surface area (Å²) < 4.78 is 5.32. The summed E-state index contributed by atoms with van der Waals surface area (Å²) >= 11 is 1.90. The summed E-state index contributed by atoms with van der Waals surface area (Å²) in [6.07, 6.45) is -0.668. The number of aromatic nitrogens is 1. The zero-order valence-electron chi connectivity index (χ0n) is 14.2. The van der Waals surface area contributed by atoms with Gasteiger partial charge in [0.05, 0.1) is 16.9 Å². The predicted molar refractivity (Wildman–Crippen MR) is 99.4 cm³/mol. The average Bonchev–Trinajstić information content (AvgIpc) is 2.99. The lowest BCUT2D eigenvalue weighted by Crippen LogP contribution is -2.44. The minimum Gasteiger partial charge on any atom is -0.482 e. The average molecular weight is 425 g/mol. The van der Waals surface area contributed by atoms with E-state index in [4.69, 9.17) is 9.84 Å². The van der Waals surface area contributed by atoms with E-state index in [1.807, 2.05) is 0 Å². The first-order valence-corrected chi connectivity index (χ1v) is 9.79. The van der Waals surface area contributed by atoms with Crippen LogP contribution >= 0.6 is 23.1 Å². The molecule has 2 aromatic rings. The summed E-state index contributed by atoms with van der Waals surface area (Å²) in [5.74, 6) is -4.76. The van der Waals surface area contributed by atoms with Crippen LogP contribution in [0.25, 0.3) is 0 Å². The van der Waals surface area contributed by atoms with E-state index in [-0.39, 0.29) is 16.4 Å². The largest absolute Gasteiger partial charge is 0.482 e. The van der Waals surface area contributed by atoms with E-state index in [9.17, 15) is 29.4 Å². The Balaban J connectivity index is 2.23. The topological polar surface area (TPSA) is 154 Å². The molecule has 1 aromatic heterocycles. The molecule has 0 radical (unpaired) electrons. The Morgan fingerprint density at radius 3 is 2.54 bits per heavy atom. The summed E-state index contributed by atoms with van der Waals surface area (Å²) in [5, 5.41) is 28.8. The molecular formula is C17H15NO8S2. The SMILES string of the molecule is O=C(O)COc1ccccc1[C@@H]1c2sc(=O)[nH]c2SC[C@@]1(CC(=O)O)C(=O)O. The highest BCUT2D eigenvalue weighted by Gasteiger charge is 2.54. The zero-order valence-corrected chi connectivity index (χ0v) is 15.8. The van der Waals surface area contributed by atoms with Gasteiger partial charge in [-0.2, -0.15) is 0 Å². The Kier molecular flexibility index (Phi) is 5.47. The second kappa shape index (κ2) is 7.68. The van der Waals surface area contributed by atoms with Gasteiger partial charge in [0.1, 0.15) is 5.75 Å². The molecule has 1 aliphatic heterocycles. The van der Waals surface area contributed by atoms with E-state index in [2.05, 4.69) is 4.98 Å². The van der Waals surface area contributed by atoms with Crippen molar-refractivity contribution in [2.24, 2.45) is 5.41 Å². The summed E-state index contributed by atoms with van der Waals surface area (Å²) in [5.41, 5.74) is -1.42. The molecule has 4 N–H and O–H groups in total. The first kappa shape index (κ1) is 20.0. The van der Waals surface area contributed by atoms with Crippen LogP contribution in [-0.4, -0.2) is 50.6 Å². The number of aromatic amines is 1. The summed E-state index contributed by atoms with van der Waals surface area (Å²) in [4.78, 5) is 49.3. The third-order valence-corrected chi connectivity index (χ3v) is 6.75. The van der Waals surface area contributed by atoms with Gasteiger partial charge in [0, 0.05) is 22.1 Å². The number of thioether (sulfide) groups is 1. The third kappa shape index (κ3) is 3.62. The summed E-state index contributed by atoms with van der Waals surface area (Å²) in [7, 11) is 0. The van der Waals surface area contributed by atoms with Crippen molar-refractivity contribution in [3.63, 3.8) is 0 Å². The van der Waals surface area contributed by atoms with E-state index >= 15 is 0 Å². The number of benzene rings is 1. The maximum atomic E-state index is 12.3. The highest BCUT2D eigenvalue weighted by atomic mass is 32.2. The van der Waals surface area contributed by atoms with Gasteiger partial charge in [-0.05, 0) is 6.07 Å². The van der Waals surface area contributed by atoms with Gasteiger partial charge < -0.3 is 25.0 Å². The molecule has 1 aliphatic rings. The quantitative estimate of drug-likeness (QED) is 0.519. The fourth-order valence-corrected chi connectivity index (χ4v) is 5.82. The molecule has 0 spiro atoms. The normalized spacial score (nSPS) is 20.9. The fraction of sp³-hybridized carbons (Fsp3) is 0.294. The molecule has 9 nitrogen and oxygen atoms in total. The molecule has 148 valence electrons. The Hall–Kier alpha value is -2.79. The van der Waals surface area contributed by atoms with Crippen LogP contribution < -0.4 is 9.61 Å². The predicted octanol–water partition coefficient (Wildman–Crippen LogP) is 1.68. The Morgan fingerprint density at radius 1 is 1.18 bits per heavy atom. The molecule has 0 amide bonds. The van der Waals surface area contributed by atoms with Crippen LogP contribution in [0.1, 0.15) is 22.8 Å². The maximum absolute atomic E-state index is 12.3. The lowest BCUT2D eigenvalue weighted by molar-refractivity contribution is -0.155. The van der Waals surface area contributed by atoms with Crippen LogP contribution in [-0.2, 0) is 14.4 Å². The highest BCUT2D eigenvalue weighted by molar-refractivity contribution is 7.99. The Bertz CT molecular complexity index is 997. The molecule has 0 aliphatic carbocycles. The van der Waals surface area contributed by atoms with E-state index in [0.29, 0.717) is 15.5 Å². The molecule has 1 aromatic carbocycles. The number of para-hydroxylation sites is 1. The molecule has 2 heterocycles. The minimum atomic E-state index is -1.74. The number of hydrogen-bond donors (Lipinski definition) is 4. The highest BCUT2D eigenvalue weighted by Crippen LogP contribution is 2.55. The molecule has 2 atom stereocenters. The Labute approximate surface area is 166 Å². The van der Waals surface area contributed by atoms with Crippen LogP contribution in [0.5, 0.6) is 5.75 Å². The second-order valence-electron chi connectivity index (χ2n) is 6.18. The number of hydrogen-bond acceptors (Lipinski definition) is 7. The smallest absolute Gasteiger partial charge is 0.341 e. The Morgan fingerprint density at radius 2 is 1.89 bits per heavy atom. The number of rotatable bonds is 7. The van der Waals surface area contributed by atoms with E-state index in [1.165, 1.54) is 6.07 Å². The molecule has 0 bridgehead atoms. The van der Waals surface area contributed by atoms with Crippen molar-refractivity contribution in [1.29, 1.82) is 0 Å². The fourth-order valence-electron chi connectivity index (χ4n) is 3.27. The van der Waals surface area contributed by atoms with Crippen LogP contribution in [0.4, 0.5) is 0 Å². The molecule has 28 heavy (non-hydrogen) atoms. The van der Waals surface area contributed by atoms with Crippen molar-refractivity contribution in [1.82, 2.24) is 4.98 Å². The number of carboxylic acids is 3. The van der Waals surface area contributed by atoms with Crippen molar-refractivity contribution in [2.45, 2.75) is 17.4 Å². The summed E-state index contributed by atoms with van der Waals surface area (Å²) in [6, 6.07) is 6.26. The number of aliphatic carboxylic acids is 3. The number of carbonyl (C=O) groups is 3. The van der Waals surface area contributed by atoms with E-state index in [0.717, 1.165) is 23.1 Å². The lowest BCUT2D eigenvalue weighted by atomic mass is 9.70. The van der Waals surface area contributed by atoms with E-state index in [1.54, 1.807) is 18.2 Å². The van der Waals surface area contributed by atoms with Gasteiger partial charge in [-0.15, -0.1) is 11.8 Å². The van der Waals surface area contributed by atoms with Crippen molar-refractivity contribution in [3.8, 4) is 5.75 Å². The monoisotopic (exact) mass is 425 g/mol. The number of H-pyrrole nitrogens is 1. The van der Waals surface area contributed by atoms with Gasteiger partial charge >= 0.3 is 22.8 Å². The van der Waals surface area contributed by atoms with Crippen molar-refractivity contribution in [2.75, 3.05) is 12.4 Å². The molecule has 0 saturated heterocycles. The lowest BCUT2D eigenvalue weighted by Gasteiger charge is -2.39. The third-order valence-electron chi connectivity index (χ3n) is 4.40. The number of nitrogens with one attached hydrogen (secondary N) is 1. The van der Waals surface area contributed by atoms with Gasteiger partial charge in [-0.3, -0.25) is 14.4 Å². The first-order valence-electron chi connectivity index (χ1n) is 7.99. The second-order valence-corrected chi connectivity index (χ2v) is 8.18. The van der Waals surface area contributed by atoms with Crippen LogP contribution in [0.15, 0.2) is 34.1 Å². The molecular weight excluding hydrogens is 410 g/mol. The number of carboxylic acid groups (broad SMARTS) is 3. The van der Waals surface area contributed by atoms with Gasteiger partial charge in [0.25, 0.3) is 0 Å². The number of thiazole rings is 1. The van der Waals surface area contributed by atoms with Crippen LogP contribution in [0.2, 0.25) is 0 Å². The van der Waals surface area contributed by atoms with Gasteiger partial charge in [0.2, 0.25) is 0 Å². The van der Waals surface area contributed by atoms with Gasteiger partial charge in [-0.1, -0.05) is 29.5 Å². The molecule has 3 rings (SSSR count). The number of ether oxygens (including phenoxy) is 1. The molecule has 0 fully saturated rings. The summed E-state index contributed by atoms with van der Waals surface area (Å²) in [6.45, 7) is -0.645. The van der Waals surface area contributed by atoms with Crippen molar-refractivity contribution in [3.05, 3.63) is 44.4 Å². The van der Waals surface area contributed by atoms with Crippen molar-refractivity contribution >= 4 is 41.0 Å². The van der Waals surface area contributed by atoms with Crippen LogP contribution in [0.3, 0.4) is 0 Å². The zero-order chi connectivity index (χ0) is 20.5. The standard InChI is InChI=1S/C17H15NO8S2/c19-10(20)5-17(15(23)24)7-27-14-13(28-16(25)18-14)12(17)8-3-1-2-4-9(8)26-6-11(21)22/h1-4,12H,5-7H2,(H,18,25)(H,19,20)(H,21,22)(H,23,24)/t12-,17-/m1/s1. The number of fused-ring (bicyclic) bond motifs is 1. The maximum Gasteiger partial charge on any atom is 0.341 e. The molecule has 11 heteroatoms. The first-order chi connectivity index (χ1) is 13.2. The van der Waals surface area contributed by atoms with Gasteiger partial charge in [0.15, 0.2) is 6.61 Å². The van der Waals surface area contributed by atoms with Gasteiger partial charge in [-0.25, -0.2) is 4.79 Å². The minimum absolute atomic E-state index is 0.0771. The van der Waals surface area contributed by atoms with E-state index < -0.39 is 42.3 Å².